The Morgan fingerprint density at radius 1 is 1.18 bits per heavy atom. The van der Waals surface area contributed by atoms with E-state index >= 15 is 0 Å². The fourth-order valence-electron chi connectivity index (χ4n) is 3.77. The smallest absolute Gasteiger partial charge is 0.333 e. The summed E-state index contributed by atoms with van der Waals surface area (Å²) in [4.78, 5) is -0.182. The summed E-state index contributed by atoms with van der Waals surface area (Å²) < 4.78 is 60.6. The molecule has 0 atom stereocenters. The van der Waals surface area contributed by atoms with Gasteiger partial charge in [0.1, 0.15) is 4.90 Å². The number of aryl methyl sites for hydroxylation is 2. The van der Waals surface area contributed by atoms with Crippen LogP contribution in [-0.4, -0.2) is 38.0 Å². The second-order valence-electron chi connectivity index (χ2n) is 7.31. The number of benzene rings is 1. The molecule has 2 heterocycles. The van der Waals surface area contributed by atoms with Gasteiger partial charge in [0.15, 0.2) is 0 Å². The maximum absolute atomic E-state index is 13.1. The van der Waals surface area contributed by atoms with Crippen molar-refractivity contribution in [3.8, 4) is 0 Å². The molecule has 0 radical (unpaired) electrons. The molecule has 2 aromatic rings. The average Bonchev–Trinajstić information content (AvgIpc) is 2.97. The molecule has 1 aromatic carbocycles. The minimum atomic E-state index is -4.00. The molecule has 1 aromatic heterocycles. The first-order chi connectivity index (χ1) is 13.2. The summed E-state index contributed by atoms with van der Waals surface area (Å²) in [5.41, 5.74) is 1.75. The maximum Gasteiger partial charge on any atom is 0.333 e. The largest absolute Gasteiger partial charge is 0.381 e. The number of aromatic nitrogens is 2. The van der Waals surface area contributed by atoms with Crippen molar-refractivity contribution in [3.05, 3.63) is 46.8 Å². The third-order valence-corrected chi connectivity index (χ3v) is 7.08. The summed E-state index contributed by atoms with van der Waals surface area (Å²) >= 11 is 0. The monoisotopic (exact) mass is 413 g/mol. The van der Waals surface area contributed by atoms with Crippen LogP contribution in [0.25, 0.3) is 0 Å². The lowest BCUT2D eigenvalue weighted by Gasteiger charge is -2.38. The molecule has 1 N–H and O–H groups in total. The lowest BCUT2D eigenvalue weighted by Crippen LogP contribution is -2.44. The van der Waals surface area contributed by atoms with Gasteiger partial charge in [0.2, 0.25) is 10.0 Å². The van der Waals surface area contributed by atoms with Gasteiger partial charge in [-0.1, -0.05) is 29.8 Å². The molecule has 0 spiro atoms. The van der Waals surface area contributed by atoms with Gasteiger partial charge in [-0.15, -0.1) is 0 Å². The zero-order chi connectivity index (χ0) is 20.5. The van der Waals surface area contributed by atoms with Crippen molar-refractivity contribution in [2.75, 3.05) is 19.8 Å². The van der Waals surface area contributed by atoms with Crippen LogP contribution in [0.3, 0.4) is 0 Å². The molecule has 0 amide bonds. The van der Waals surface area contributed by atoms with Gasteiger partial charge in [0.25, 0.3) is 0 Å². The van der Waals surface area contributed by atoms with E-state index in [1.807, 2.05) is 31.2 Å². The summed E-state index contributed by atoms with van der Waals surface area (Å²) in [6.07, 6.45) is 1.35. The van der Waals surface area contributed by atoms with E-state index in [9.17, 15) is 17.2 Å². The molecule has 0 saturated carbocycles. The number of hydrogen-bond acceptors (Lipinski definition) is 4. The van der Waals surface area contributed by atoms with Crippen molar-refractivity contribution in [2.45, 2.75) is 50.5 Å². The summed E-state index contributed by atoms with van der Waals surface area (Å²) in [6.45, 7) is 3.11. The molecule has 9 heteroatoms. The SMILES string of the molecule is Cc1ccc(C2(CNS(=O)(=O)c3c(C)nn(C(F)F)c3C)CCOCC2)cc1. The number of hydrogen-bond donors (Lipinski definition) is 1. The van der Waals surface area contributed by atoms with E-state index in [2.05, 4.69) is 9.82 Å². The van der Waals surface area contributed by atoms with Gasteiger partial charge in [-0.3, -0.25) is 0 Å². The number of sulfonamides is 1. The number of nitrogens with zero attached hydrogens (tertiary/aromatic N) is 2. The third kappa shape index (κ3) is 3.97. The molecular weight excluding hydrogens is 388 g/mol. The maximum atomic E-state index is 13.1. The highest BCUT2D eigenvalue weighted by atomic mass is 32.2. The molecule has 0 unspecified atom stereocenters. The Kier molecular flexibility index (Phi) is 5.88. The topological polar surface area (TPSA) is 73.2 Å². The van der Waals surface area contributed by atoms with Crippen molar-refractivity contribution >= 4 is 10.0 Å². The third-order valence-electron chi connectivity index (χ3n) is 5.43. The number of nitrogens with one attached hydrogen (secondary N) is 1. The van der Waals surface area contributed by atoms with E-state index in [1.165, 1.54) is 13.8 Å². The summed E-state index contributed by atoms with van der Waals surface area (Å²) in [5.74, 6) is 0. The molecule has 1 aliphatic heterocycles. The number of rotatable bonds is 6. The van der Waals surface area contributed by atoms with Gasteiger partial charge in [-0.2, -0.15) is 13.9 Å². The van der Waals surface area contributed by atoms with Crippen molar-refractivity contribution < 1.29 is 21.9 Å². The Labute approximate surface area is 163 Å². The number of ether oxygens (including phenoxy) is 1. The summed E-state index contributed by atoms with van der Waals surface area (Å²) in [7, 11) is -4.00. The number of halogens is 2. The molecular formula is C19H25F2N3O3S. The van der Waals surface area contributed by atoms with Gasteiger partial charge in [0, 0.05) is 25.2 Å². The molecule has 1 fully saturated rings. The van der Waals surface area contributed by atoms with Gasteiger partial charge in [-0.25, -0.2) is 17.8 Å². The van der Waals surface area contributed by atoms with Crippen LogP contribution in [0.15, 0.2) is 29.2 Å². The van der Waals surface area contributed by atoms with Crippen LogP contribution in [0.5, 0.6) is 0 Å². The summed E-state index contributed by atoms with van der Waals surface area (Å²) in [6, 6.07) is 8.03. The first kappa shape index (κ1) is 20.9. The molecule has 0 bridgehead atoms. The van der Waals surface area contributed by atoms with E-state index in [-0.39, 0.29) is 22.8 Å². The zero-order valence-electron chi connectivity index (χ0n) is 16.2. The van der Waals surface area contributed by atoms with E-state index in [1.54, 1.807) is 0 Å². The zero-order valence-corrected chi connectivity index (χ0v) is 17.0. The number of alkyl halides is 2. The predicted molar refractivity (Wildman–Crippen MR) is 101 cm³/mol. The first-order valence-electron chi connectivity index (χ1n) is 9.15. The van der Waals surface area contributed by atoms with Crippen LogP contribution in [-0.2, 0) is 20.2 Å². The Bertz CT molecular complexity index is 934. The standard InChI is InChI=1S/C19H25F2N3O3S/c1-13-4-6-16(7-5-13)19(8-10-27-11-9-19)12-22-28(25,26)17-14(2)23-24(15(17)3)18(20)21/h4-7,18,22H,8-12H2,1-3H3. The lowest BCUT2D eigenvalue weighted by molar-refractivity contribution is 0.0516. The van der Waals surface area contributed by atoms with Gasteiger partial charge < -0.3 is 4.74 Å². The van der Waals surface area contributed by atoms with Crippen LogP contribution in [0, 0.1) is 20.8 Å². The molecule has 3 rings (SSSR count). The summed E-state index contributed by atoms with van der Waals surface area (Å²) in [5, 5.41) is 3.68. The van der Waals surface area contributed by atoms with Crippen LogP contribution in [0.4, 0.5) is 8.78 Å². The quantitative estimate of drug-likeness (QED) is 0.789. The fraction of sp³-hybridized carbons (Fsp3) is 0.526. The molecule has 1 saturated heterocycles. The minimum absolute atomic E-state index is 0.0571. The van der Waals surface area contributed by atoms with Gasteiger partial charge in [-0.05, 0) is 39.2 Å². The predicted octanol–water partition coefficient (Wildman–Crippen LogP) is 3.23. The van der Waals surface area contributed by atoms with E-state index in [0.29, 0.717) is 30.7 Å². The molecule has 154 valence electrons. The minimum Gasteiger partial charge on any atom is -0.381 e. The lowest BCUT2D eigenvalue weighted by atomic mass is 9.74. The fourth-order valence-corrected chi connectivity index (χ4v) is 5.29. The highest BCUT2D eigenvalue weighted by Gasteiger charge is 2.37. The Morgan fingerprint density at radius 3 is 2.32 bits per heavy atom. The van der Waals surface area contributed by atoms with Gasteiger partial charge >= 0.3 is 6.55 Å². The van der Waals surface area contributed by atoms with Crippen molar-refractivity contribution in [2.24, 2.45) is 0 Å². The normalized spacial score (nSPS) is 17.2. The molecule has 1 aliphatic rings. The first-order valence-corrected chi connectivity index (χ1v) is 10.6. The van der Waals surface area contributed by atoms with Crippen molar-refractivity contribution in [3.63, 3.8) is 0 Å². The van der Waals surface area contributed by atoms with Crippen LogP contribution < -0.4 is 4.72 Å². The van der Waals surface area contributed by atoms with E-state index in [0.717, 1.165) is 11.1 Å². The van der Waals surface area contributed by atoms with Crippen LogP contribution in [0.1, 0.15) is 41.9 Å². The average molecular weight is 413 g/mol. The second-order valence-corrected chi connectivity index (χ2v) is 9.01. The Hall–Kier alpha value is -1.84. The van der Waals surface area contributed by atoms with Crippen molar-refractivity contribution in [1.82, 2.24) is 14.5 Å². The second kappa shape index (κ2) is 7.88. The molecule has 28 heavy (non-hydrogen) atoms. The van der Waals surface area contributed by atoms with E-state index < -0.39 is 22.0 Å². The highest BCUT2D eigenvalue weighted by molar-refractivity contribution is 7.89. The highest BCUT2D eigenvalue weighted by Crippen LogP contribution is 2.35. The van der Waals surface area contributed by atoms with Crippen LogP contribution >= 0.6 is 0 Å². The Morgan fingerprint density at radius 2 is 1.79 bits per heavy atom. The van der Waals surface area contributed by atoms with E-state index in [4.69, 9.17) is 4.74 Å². The Balaban J connectivity index is 1.90. The van der Waals surface area contributed by atoms with Gasteiger partial charge in [0.05, 0.1) is 11.4 Å². The molecule has 6 nitrogen and oxygen atoms in total. The van der Waals surface area contributed by atoms with Crippen LogP contribution in [0.2, 0.25) is 0 Å². The molecule has 0 aliphatic carbocycles. The van der Waals surface area contributed by atoms with Crippen molar-refractivity contribution in [1.29, 1.82) is 0 Å².